The van der Waals surface area contributed by atoms with Gasteiger partial charge in [0.05, 0.1) is 28.1 Å². The fourth-order valence-corrected chi connectivity index (χ4v) is 7.12. The zero-order valence-electron chi connectivity index (χ0n) is 26.2. The maximum absolute atomic E-state index is 5.25. The average molecular weight is 607 g/mol. The fourth-order valence-electron chi connectivity index (χ4n) is 7.12. The Morgan fingerprint density at radius 1 is 0.787 bits per heavy atom. The molecule has 0 amide bonds. The lowest BCUT2D eigenvalue weighted by molar-refractivity contribution is 0.928. The molecule has 1 aromatic heterocycles. The highest BCUT2D eigenvalue weighted by atomic mass is 15.2. The van der Waals surface area contributed by atoms with E-state index in [-0.39, 0.29) is 0 Å². The minimum atomic E-state index is 0.430. The molecule has 4 nitrogen and oxygen atoms in total. The Labute approximate surface area is 275 Å². The standard InChI is InChI=1S/C43H34N4/c1-30-17-15-16-28-46(29-45-37-26-13-11-24-35(37)41(44-2)31-18-5-3-6-19-31)42-33-22-9-10-23-34(33)43-40(39(30)42)36-25-12-14-27-38(36)47(43)32-20-7-4-8-21-32/h3-8,10-21,23-28H,1-2,9,22,29H2/b17-15-,28-16-,41-35-,45-37-. The topological polar surface area (TPSA) is 32.9 Å². The lowest BCUT2D eigenvalue weighted by atomic mass is 9.86. The zero-order chi connectivity index (χ0) is 31.7. The van der Waals surface area contributed by atoms with Gasteiger partial charge in [-0.3, -0.25) is 9.98 Å². The molecule has 3 aliphatic rings. The Hall–Kier alpha value is -6.00. The third-order valence-corrected chi connectivity index (χ3v) is 9.13. The first-order chi connectivity index (χ1) is 23.2. The van der Waals surface area contributed by atoms with Gasteiger partial charge >= 0.3 is 0 Å². The molecule has 0 bridgehead atoms. The molecule has 0 saturated carbocycles. The van der Waals surface area contributed by atoms with E-state index in [0.717, 1.165) is 52.2 Å². The molecule has 2 heterocycles. The largest absolute Gasteiger partial charge is 0.327 e. The van der Waals surface area contributed by atoms with Crippen LogP contribution in [0.5, 0.6) is 0 Å². The van der Waals surface area contributed by atoms with Crippen LogP contribution in [0.2, 0.25) is 0 Å². The van der Waals surface area contributed by atoms with Gasteiger partial charge in [-0.1, -0.05) is 116 Å². The zero-order valence-corrected chi connectivity index (χ0v) is 26.2. The van der Waals surface area contributed by atoms with E-state index in [1.165, 1.54) is 38.6 Å². The fraction of sp³-hybridized carbons (Fsp3) is 0.0698. The summed E-state index contributed by atoms with van der Waals surface area (Å²) in [6.07, 6.45) is 23.2. The van der Waals surface area contributed by atoms with Crippen LogP contribution < -0.4 is 4.90 Å². The van der Waals surface area contributed by atoms with Crippen molar-refractivity contribution in [2.75, 3.05) is 11.6 Å². The number of hydrogen-bond acceptors (Lipinski definition) is 3. The minimum Gasteiger partial charge on any atom is -0.327 e. The van der Waals surface area contributed by atoms with Crippen molar-refractivity contribution in [2.24, 2.45) is 9.98 Å². The maximum atomic E-state index is 5.25. The Morgan fingerprint density at radius 2 is 1.53 bits per heavy atom. The summed E-state index contributed by atoms with van der Waals surface area (Å²) in [5, 5.41) is 2.43. The van der Waals surface area contributed by atoms with Gasteiger partial charge in [0.1, 0.15) is 6.67 Å². The van der Waals surface area contributed by atoms with Crippen LogP contribution >= 0.6 is 0 Å². The van der Waals surface area contributed by atoms with E-state index in [1.54, 1.807) is 0 Å². The molecule has 0 fully saturated rings. The van der Waals surface area contributed by atoms with E-state index >= 15 is 0 Å². The highest BCUT2D eigenvalue weighted by Gasteiger charge is 2.29. The summed E-state index contributed by atoms with van der Waals surface area (Å²) < 4.78 is 2.43. The number of rotatable bonds is 5. The predicted molar refractivity (Wildman–Crippen MR) is 201 cm³/mol. The van der Waals surface area contributed by atoms with Crippen LogP contribution in [0.1, 0.15) is 28.7 Å². The number of para-hydroxylation sites is 2. The van der Waals surface area contributed by atoms with Gasteiger partial charge in [0.2, 0.25) is 0 Å². The summed E-state index contributed by atoms with van der Waals surface area (Å²) in [5.41, 5.74) is 13.1. The Balaban J connectivity index is 1.38. The van der Waals surface area contributed by atoms with Gasteiger partial charge in [-0.25, -0.2) is 0 Å². The molecule has 4 aromatic carbocycles. The summed E-state index contributed by atoms with van der Waals surface area (Å²) in [5.74, 6) is 0. The molecule has 0 saturated heterocycles. The van der Waals surface area contributed by atoms with Crippen molar-refractivity contribution in [1.29, 1.82) is 0 Å². The first kappa shape index (κ1) is 28.5. The molecule has 5 aromatic rings. The van der Waals surface area contributed by atoms with Gasteiger partial charge in [-0.05, 0) is 61.0 Å². The lowest BCUT2D eigenvalue weighted by Crippen LogP contribution is -2.22. The van der Waals surface area contributed by atoms with Crippen molar-refractivity contribution in [3.05, 3.63) is 174 Å². The number of hydrogen-bond donors (Lipinski definition) is 0. The number of anilines is 1. The number of aliphatic imine (C=N–C) groups is 2. The molecule has 2 aliphatic carbocycles. The van der Waals surface area contributed by atoms with Crippen LogP contribution in [0.15, 0.2) is 162 Å². The summed E-state index contributed by atoms with van der Waals surface area (Å²) in [7, 11) is 0. The van der Waals surface area contributed by atoms with Crippen molar-refractivity contribution in [3.8, 4) is 5.69 Å². The van der Waals surface area contributed by atoms with E-state index in [1.807, 2.05) is 30.4 Å². The van der Waals surface area contributed by atoms with E-state index in [9.17, 15) is 0 Å². The second kappa shape index (κ2) is 12.1. The van der Waals surface area contributed by atoms with Gasteiger partial charge in [-0.15, -0.1) is 0 Å². The Kier molecular flexibility index (Phi) is 7.31. The SMILES string of the molecule is C=N/C(=C1/C=CC=C/C1=N/CN1/C=C\C=C/C(=C)c2c1c1c(c3c2c2ccccc2n3-c2ccccc2)C=CCC1)c1ccccc1. The summed E-state index contributed by atoms with van der Waals surface area (Å²) >= 11 is 0. The lowest BCUT2D eigenvalue weighted by Gasteiger charge is -2.30. The number of aromatic nitrogens is 1. The molecule has 0 atom stereocenters. The first-order valence-corrected chi connectivity index (χ1v) is 16.1. The van der Waals surface area contributed by atoms with E-state index in [2.05, 4.69) is 143 Å². The molecule has 8 rings (SSSR count). The Bertz CT molecular complexity index is 2290. The second-order valence-electron chi connectivity index (χ2n) is 11.9. The molecule has 4 heteroatoms. The molecular weight excluding hydrogens is 573 g/mol. The second-order valence-corrected chi connectivity index (χ2v) is 11.9. The van der Waals surface area contributed by atoms with Crippen molar-refractivity contribution in [3.63, 3.8) is 0 Å². The quantitative estimate of drug-likeness (QED) is 0.183. The average Bonchev–Trinajstić information content (AvgIpc) is 3.47. The monoisotopic (exact) mass is 606 g/mol. The third kappa shape index (κ3) is 4.86. The van der Waals surface area contributed by atoms with Gasteiger partial charge in [0.25, 0.3) is 0 Å². The van der Waals surface area contributed by atoms with Crippen LogP contribution in [0.25, 0.3) is 44.8 Å². The predicted octanol–water partition coefficient (Wildman–Crippen LogP) is 10.3. The summed E-state index contributed by atoms with van der Waals surface area (Å²) in [6.45, 7) is 9.00. The molecular formula is C43H34N4. The maximum Gasteiger partial charge on any atom is 0.115 e. The highest BCUT2D eigenvalue weighted by molar-refractivity contribution is 6.20. The molecule has 0 spiro atoms. The summed E-state index contributed by atoms with van der Waals surface area (Å²) in [4.78, 5) is 12.0. The number of nitrogens with zero attached hydrogens (tertiary/aromatic N) is 4. The smallest absolute Gasteiger partial charge is 0.115 e. The normalized spacial score (nSPS) is 18.6. The molecule has 47 heavy (non-hydrogen) atoms. The number of fused-ring (bicyclic) bond motifs is 8. The van der Waals surface area contributed by atoms with Crippen molar-refractivity contribution < 1.29 is 0 Å². The first-order valence-electron chi connectivity index (χ1n) is 16.1. The van der Waals surface area contributed by atoms with Crippen LogP contribution in [-0.4, -0.2) is 23.7 Å². The van der Waals surface area contributed by atoms with E-state index < -0.39 is 0 Å². The molecule has 0 radical (unpaired) electrons. The minimum absolute atomic E-state index is 0.430. The van der Waals surface area contributed by atoms with E-state index in [0.29, 0.717) is 6.67 Å². The third-order valence-electron chi connectivity index (χ3n) is 9.13. The molecule has 226 valence electrons. The van der Waals surface area contributed by atoms with Gasteiger partial charge in [0, 0.05) is 44.9 Å². The van der Waals surface area contributed by atoms with Crippen LogP contribution in [-0.2, 0) is 6.42 Å². The highest BCUT2D eigenvalue weighted by Crippen LogP contribution is 2.48. The van der Waals surface area contributed by atoms with Crippen LogP contribution in [0.3, 0.4) is 0 Å². The van der Waals surface area contributed by atoms with Crippen LogP contribution in [0.4, 0.5) is 5.69 Å². The van der Waals surface area contributed by atoms with Crippen LogP contribution in [0, 0.1) is 0 Å². The van der Waals surface area contributed by atoms with Gasteiger partial charge in [0.15, 0.2) is 0 Å². The van der Waals surface area contributed by atoms with Crippen molar-refractivity contribution in [1.82, 2.24) is 4.57 Å². The van der Waals surface area contributed by atoms with Crippen molar-refractivity contribution in [2.45, 2.75) is 12.8 Å². The van der Waals surface area contributed by atoms with Crippen molar-refractivity contribution >= 4 is 57.3 Å². The number of benzene rings is 4. The Morgan fingerprint density at radius 3 is 2.36 bits per heavy atom. The molecule has 0 unspecified atom stereocenters. The van der Waals surface area contributed by atoms with Gasteiger partial charge in [-0.2, -0.15) is 0 Å². The molecule has 1 aliphatic heterocycles. The van der Waals surface area contributed by atoms with E-state index in [4.69, 9.17) is 4.99 Å². The summed E-state index contributed by atoms with van der Waals surface area (Å²) in [6, 6.07) is 29.6. The number of allylic oxidation sites excluding steroid dienone is 10. The molecule has 0 N–H and O–H groups in total. The van der Waals surface area contributed by atoms with Gasteiger partial charge < -0.3 is 9.47 Å².